The molecule has 0 fully saturated rings. The van der Waals surface area contributed by atoms with Gasteiger partial charge in [-0.2, -0.15) is 0 Å². The fourth-order valence-electron chi connectivity index (χ4n) is 5.31. The lowest BCUT2D eigenvalue weighted by atomic mass is 9.99. The van der Waals surface area contributed by atoms with Crippen molar-refractivity contribution >= 4 is 17.7 Å². The van der Waals surface area contributed by atoms with E-state index in [1.807, 2.05) is 58.0 Å². The van der Waals surface area contributed by atoms with E-state index >= 15 is 0 Å². The molecular weight excluding hydrogens is 522 g/mol. The Morgan fingerprint density at radius 2 is 1.00 bits per heavy atom. The molecule has 0 bridgehead atoms. The smallest absolute Gasteiger partial charge is 0.243 e. The van der Waals surface area contributed by atoms with Gasteiger partial charge in [0.05, 0.1) is 6.42 Å². The van der Waals surface area contributed by atoms with Crippen LogP contribution in [0.3, 0.4) is 0 Å². The zero-order valence-corrected chi connectivity index (χ0v) is 27.6. The molecule has 6 nitrogen and oxygen atoms in total. The number of hydrogen-bond acceptors (Lipinski definition) is 3. The van der Waals surface area contributed by atoms with Crippen LogP contribution in [0.5, 0.6) is 0 Å². The van der Waals surface area contributed by atoms with E-state index in [1.54, 1.807) is 0 Å². The molecule has 0 saturated heterocycles. The summed E-state index contributed by atoms with van der Waals surface area (Å²) in [6.45, 7) is 10.5. The molecular formula is C36H63N3O3. The molecule has 0 spiro atoms. The Labute approximate surface area is 258 Å². The van der Waals surface area contributed by atoms with Crippen LogP contribution in [0.2, 0.25) is 0 Å². The number of nitrogens with one attached hydrogen (secondary N) is 3. The summed E-state index contributed by atoms with van der Waals surface area (Å²) >= 11 is 0. The molecule has 3 amide bonds. The van der Waals surface area contributed by atoms with Crippen LogP contribution >= 0.6 is 0 Å². The highest BCUT2D eigenvalue weighted by Crippen LogP contribution is 2.14. The van der Waals surface area contributed by atoms with Gasteiger partial charge < -0.3 is 16.0 Å². The van der Waals surface area contributed by atoms with Gasteiger partial charge in [-0.3, -0.25) is 14.4 Å². The molecule has 0 aliphatic heterocycles. The second-order valence-electron chi connectivity index (χ2n) is 12.8. The van der Waals surface area contributed by atoms with Crippen molar-refractivity contribution in [2.45, 2.75) is 156 Å². The zero-order chi connectivity index (χ0) is 31.0. The number of rotatable bonds is 25. The third-order valence-electron chi connectivity index (χ3n) is 8.05. The topological polar surface area (TPSA) is 87.3 Å². The Bertz CT molecular complexity index is 841. The maximum Gasteiger partial charge on any atom is 0.243 e. The van der Waals surface area contributed by atoms with Gasteiger partial charge in [-0.25, -0.2) is 0 Å². The van der Waals surface area contributed by atoms with Gasteiger partial charge in [0, 0.05) is 6.54 Å². The van der Waals surface area contributed by atoms with Crippen LogP contribution in [-0.4, -0.2) is 36.3 Å². The molecule has 0 aliphatic carbocycles. The highest BCUT2D eigenvalue weighted by molar-refractivity contribution is 5.92. The van der Waals surface area contributed by atoms with E-state index < -0.39 is 12.1 Å². The van der Waals surface area contributed by atoms with Gasteiger partial charge in [-0.1, -0.05) is 161 Å². The van der Waals surface area contributed by atoms with E-state index in [1.165, 1.54) is 89.9 Å². The molecule has 0 aliphatic rings. The molecule has 0 aromatic heterocycles. The molecule has 240 valence electrons. The fourth-order valence-corrected chi connectivity index (χ4v) is 5.31. The summed E-state index contributed by atoms with van der Waals surface area (Å²) in [6.07, 6.45) is 21.3. The first-order valence-electron chi connectivity index (χ1n) is 17.2. The van der Waals surface area contributed by atoms with Crippen molar-refractivity contribution in [2.24, 2.45) is 11.8 Å². The zero-order valence-electron chi connectivity index (χ0n) is 27.6. The summed E-state index contributed by atoms with van der Waals surface area (Å²) in [5, 5.41) is 8.80. The maximum absolute atomic E-state index is 13.1. The van der Waals surface area contributed by atoms with Gasteiger partial charge in [0.2, 0.25) is 17.7 Å². The molecule has 1 aromatic carbocycles. The largest absolute Gasteiger partial charge is 0.354 e. The lowest BCUT2D eigenvalue weighted by Gasteiger charge is -2.27. The minimum atomic E-state index is -0.699. The number of carbonyl (C=O) groups excluding carboxylic acids is 3. The van der Waals surface area contributed by atoms with E-state index in [2.05, 4.69) is 22.9 Å². The summed E-state index contributed by atoms with van der Waals surface area (Å²) in [6, 6.07) is 8.14. The molecule has 6 heteroatoms. The molecule has 0 saturated carbocycles. The third kappa shape index (κ3) is 18.2. The minimum Gasteiger partial charge on any atom is -0.354 e. The molecule has 1 unspecified atom stereocenters. The van der Waals surface area contributed by atoms with Crippen LogP contribution in [0.4, 0.5) is 0 Å². The number of hydrogen-bond donors (Lipinski definition) is 3. The Morgan fingerprint density at radius 3 is 1.45 bits per heavy atom. The SMILES string of the molecule is CCCCCCCCCCCCCCCCCCNC(=O)[C@@H](NC(=O)C(NC(=O)Cc1ccccc1)C(C)C)C(C)C. The Kier molecular flexibility index (Phi) is 21.6. The third-order valence-corrected chi connectivity index (χ3v) is 8.05. The molecule has 3 N–H and O–H groups in total. The van der Waals surface area contributed by atoms with Gasteiger partial charge in [-0.15, -0.1) is 0 Å². The second kappa shape index (κ2) is 24.1. The summed E-state index contributed by atoms with van der Waals surface area (Å²) in [4.78, 5) is 38.6. The van der Waals surface area contributed by atoms with Gasteiger partial charge in [0.1, 0.15) is 12.1 Å². The van der Waals surface area contributed by atoms with Crippen molar-refractivity contribution in [3.63, 3.8) is 0 Å². The first-order valence-corrected chi connectivity index (χ1v) is 17.2. The summed E-state index contributed by atoms with van der Waals surface area (Å²) < 4.78 is 0. The number of unbranched alkanes of at least 4 members (excludes halogenated alkanes) is 15. The molecule has 2 atom stereocenters. The van der Waals surface area contributed by atoms with Crippen LogP contribution in [-0.2, 0) is 20.8 Å². The van der Waals surface area contributed by atoms with Crippen molar-refractivity contribution in [1.29, 1.82) is 0 Å². The Hall–Kier alpha value is -2.37. The van der Waals surface area contributed by atoms with Gasteiger partial charge in [-0.05, 0) is 23.8 Å². The predicted molar refractivity (Wildman–Crippen MR) is 176 cm³/mol. The molecule has 1 rings (SSSR count). The van der Waals surface area contributed by atoms with Gasteiger partial charge in [0.25, 0.3) is 0 Å². The van der Waals surface area contributed by atoms with Crippen molar-refractivity contribution in [3.8, 4) is 0 Å². The highest BCUT2D eigenvalue weighted by Gasteiger charge is 2.30. The predicted octanol–water partition coefficient (Wildman–Crippen LogP) is 7.89. The standard InChI is InChI=1S/C36H63N3O3/c1-6-7-8-9-10-11-12-13-14-15-16-17-18-19-20-24-27-37-35(41)33(29(2)3)39-36(42)34(30(4)5)38-32(40)28-31-25-22-21-23-26-31/h21-23,25-26,29-30,33-34H,6-20,24,27-28H2,1-5H3,(H,37,41)(H,38,40)(H,39,42)/t33-,34?/m0/s1. The van der Waals surface area contributed by atoms with Crippen LogP contribution in [0.15, 0.2) is 30.3 Å². The van der Waals surface area contributed by atoms with E-state index in [0.29, 0.717) is 6.54 Å². The highest BCUT2D eigenvalue weighted by atomic mass is 16.2. The normalized spacial score (nSPS) is 12.7. The number of benzene rings is 1. The lowest BCUT2D eigenvalue weighted by molar-refractivity contribution is -0.133. The summed E-state index contributed by atoms with van der Waals surface area (Å²) in [5.41, 5.74) is 0.895. The fraction of sp³-hybridized carbons (Fsp3) is 0.750. The van der Waals surface area contributed by atoms with Crippen molar-refractivity contribution in [2.75, 3.05) is 6.54 Å². The monoisotopic (exact) mass is 585 g/mol. The van der Waals surface area contributed by atoms with Gasteiger partial charge >= 0.3 is 0 Å². The van der Waals surface area contributed by atoms with E-state index in [9.17, 15) is 14.4 Å². The average Bonchev–Trinajstić information content (AvgIpc) is 2.96. The number of carbonyl (C=O) groups is 3. The summed E-state index contributed by atoms with van der Waals surface area (Å²) in [5.74, 6) is -0.845. The van der Waals surface area contributed by atoms with E-state index in [4.69, 9.17) is 0 Å². The lowest BCUT2D eigenvalue weighted by Crippen LogP contribution is -2.57. The van der Waals surface area contributed by atoms with E-state index in [0.717, 1.165) is 18.4 Å². The Balaban J connectivity index is 2.21. The molecule has 0 radical (unpaired) electrons. The molecule has 0 heterocycles. The van der Waals surface area contributed by atoms with Crippen LogP contribution in [0.25, 0.3) is 0 Å². The first-order chi connectivity index (χ1) is 20.3. The van der Waals surface area contributed by atoms with Crippen molar-refractivity contribution < 1.29 is 14.4 Å². The van der Waals surface area contributed by atoms with Crippen molar-refractivity contribution in [1.82, 2.24) is 16.0 Å². The maximum atomic E-state index is 13.1. The van der Waals surface area contributed by atoms with Crippen LogP contribution in [0.1, 0.15) is 143 Å². The van der Waals surface area contributed by atoms with Crippen LogP contribution < -0.4 is 16.0 Å². The van der Waals surface area contributed by atoms with Gasteiger partial charge in [0.15, 0.2) is 0 Å². The minimum absolute atomic E-state index is 0.0624. The second-order valence-corrected chi connectivity index (χ2v) is 12.8. The van der Waals surface area contributed by atoms with Crippen molar-refractivity contribution in [3.05, 3.63) is 35.9 Å². The quantitative estimate of drug-likeness (QED) is 0.102. The van der Waals surface area contributed by atoms with Crippen LogP contribution in [0, 0.1) is 11.8 Å². The first kappa shape index (κ1) is 37.7. The molecule has 1 aromatic rings. The van der Waals surface area contributed by atoms with E-state index in [-0.39, 0.29) is 36.0 Å². The Morgan fingerprint density at radius 1 is 0.571 bits per heavy atom. The number of amides is 3. The average molecular weight is 586 g/mol. The molecule has 42 heavy (non-hydrogen) atoms. The summed E-state index contributed by atoms with van der Waals surface area (Å²) in [7, 11) is 0.